The Kier molecular flexibility index (Phi) is 4.21. The van der Waals surface area contributed by atoms with Gasteiger partial charge in [0.1, 0.15) is 11.5 Å². The Hall–Kier alpha value is -4.12. The molecule has 0 atom stereocenters. The second-order valence-electron chi connectivity index (χ2n) is 8.13. The average Bonchev–Trinajstić information content (AvgIpc) is 3.32. The number of nitrogens with one attached hydrogen (secondary N) is 1. The Morgan fingerprint density at radius 3 is 2.47 bits per heavy atom. The highest BCUT2D eigenvalue weighted by Gasteiger charge is 2.34. The van der Waals surface area contributed by atoms with Crippen molar-refractivity contribution in [2.45, 2.75) is 19.4 Å². The number of amides is 2. The van der Waals surface area contributed by atoms with Crippen LogP contribution in [0.4, 0.5) is 0 Å². The van der Waals surface area contributed by atoms with Gasteiger partial charge in [0.05, 0.1) is 16.7 Å². The van der Waals surface area contributed by atoms with E-state index in [4.69, 9.17) is 4.74 Å². The number of nitrogens with zero attached hydrogens (tertiary/aromatic N) is 1. The SMILES string of the molecule is O=C1NC(=O)C(c2cn3c4c(cccc24)CCC3)=C1c1cccc(Oc2ccccc2)c1. The Labute approximate surface area is 184 Å². The zero-order valence-electron chi connectivity index (χ0n) is 17.3. The van der Waals surface area contributed by atoms with Gasteiger partial charge >= 0.3 is 0 Å². The van der Waals surface area contributed by atoms with Crippen LogP contribution in [0.25, 0.3) is 22.0 Å². The molecule has 0 radical (unpaired) electrons. The molecule has 5 nitrogen and oxygen atoms in total. The van der Waals surface area contributed by atoms with Gasteiger partial charge in [0.15, 0.2) is 0 Å². The Bertz CT molecular complexity index is 1430. The summed E-state index contributed by atoms with van der Waals surface area (Å²) in [5, 5.41) is 3.51. The third kappa shape index (κ3) is 2.94. The summed E-state index contributed by atoms with van der Waals surface area (Å²) in [6.07, 6.45) is 4.11. The van der Waals surface area contributed by atoms with E-state index in [1.165, 1.54) is 5.56 Å². The molecule has 0 saturated carbocycles. The van der Waals surface area contributed by atoms with Crippen molar-refractivity contribution in [3.63, 3.8) is 0 Å². The molecule has 0 aliphatic carbocycles. The number of benzene rings is 3. The van der Waals surface area contributed by atoms with E-state index in [2.05, 4.69) is 16.0 Å². The van der Waals surface area contributed by atoms with E-state index in [1.807, 2.05) is 72.9 Å². The van der Waals surface area contributed by atoms with E-state index in [1.54, 1.807) is 0 Å². The summed E-state index contributed by atoms with van der Waals surface area (Å²) < 4.78 is 8.16. The quantitative estimate of drug-likeness (QED) is 0.476. The number of hydrogen-bond acceptors (Lipinski definition) is 3. The Morgan fingerprint density at radius 1 is 0.812 bits per heavy atom. The molecule has 0 unspecified atom stereocenters. The lowest BCUT2D eigenvalue weighted by atomic mass is 9.95. The van der Waals surface area contributed by atoms with Gasteiger partial charge in [-0.15, -0.1) is 0 Å². The largest absolute Gasteiger partial charge is 0.457 e. The van der Waals surface area contributed by atoms with Gasteiger partial charge in [-0.1, -0.05) is 48.5 Å². The van der Waals surface area contributed by atoms with Gasteiger partial charge in [0.25, 0.3) is 11.8 Å². The molecule has 1 aromatic heterocycles. The monoisotopic (exact) mass is 420 g/mol. The molecule has 2 aliphatic heterocycles. The number of aromatic nitrogens is 1. The van der Waals surface area contributed by atoms with Gasteiger partial charge in [0, 0.05) is 23.7 Å². The van der Waals surface area contributed by atoms with Crippen LogP contribution in [0.5, 0.6) is 11.5 Å². The van der Waals surface area contributed by atoms with Gasteiger partial charge in [0.2, 0.25) is 0 Å². The molecule has 1 N–H and O–H groups in total. The maximum atomic E-state index is 13.0. The van der Waals surface area contributed by atoms with Crippen molar-refractivity contribution in [2.75, 3.05) is 0 Å². The first-order valence-corrected chi connectivity index (χ1v) is 10.7. The fourth-order valence-electron chi connectivity index (χ4n) is 4.78. The maximum absolute atomic E-state index is 13.0. The summed E-state index contributed by atoms with van der Waals surface area (Å²) in [6, 6.07) is 23.0. The smallest absolute Gasteiger partial charge is 0.259 e. The minimum atomic E-state index is -0.381. The average molecular weight is 420 g/mol. The van der Waals surface area contributed by atoms with Crippen molar-refractivity contribution in [3.05, 3.63) is 95.7 Å². The lowest BCUT2D eigenvalue weighted by molar-refractivity contribution is -0.122. The lowest BCUT2D eigenvalue weighted by Crippen LogP contribution is -2.22. The van der Waals surface area contributed by atoms with E-state index in [9.17, 15) is 9.59 Å². The molecule has 156 valence electrons. The van der Waals surface area contributed by atoms with Crippen LogP contribution >= 0.6 is 0 Å². The first-order chi connectivity index (χ1) is 15.7. The van der Waals surface area contributed by atoms with E-state index in [-0.39, 0.29) is 11.8 Å². The Morgan fingerprint density at radius 2 is 1.59 bits per heavy atom. The molecule has 0 bridgehead atoms. The van der Waals surface area contributed by atoms with Crippen LogP contribution in [0.3, 0.4) is 0 Å². The second-order valence-corrected chi connectivity index (χ2v) is 8.13. The highest BCUT2D eigenvalue weighted by molar-refractivity contribution is 6.50. The molecular formula is C27H20N2O3. The molecule has 2 aliphatic rings. The predicted octanol–water partition coefficient (Wildman–Crippen LogP) is 4.95. The minimum absolute atomic E-state index is 0.358. The van der Waals surface area contributed by atoms with Crippen molar-refractivity contribution >= 4 is 33.9 Å². The number of aryl methyl sites for hydroxylation is 2. The molecular weight excluding hydrogens is 400 g/mol. The standard InChI is InChI=1S/C27H20N2O3/c30-26-23(18-8-4-12-20(15-18)32-19-10-2-1-3-11-19)24(27(31)28-26)22-16-29-14-6-9-17-7-5-13-21(22)25(17)29/h1-5,7-8,10-13,15-16H,6,9,14H2,(H,28,30,31). The summed E-state index contributed by atoms with van der Waals surface area (Å²) in [6.45, 7) is 0.909. The van der Waals surface area contributed by atoms with Gasteiger partial charge < -0.3 is 9.30 Å². The summed E-state index contributed by atoms with van der Waals surface area (Å²) in [7, 11) is 0. The van der Waals surface area contributed by atoms with Crippen molar-refractivity contribution in [3.8, 4) is 11.5 Å². The molecule has 3 heterocycles. The van der Waals surface area contributed by atoms with Crippen LogP contribution < -0.4 is 10.1 Å². The molecule has 0 fully saturated rings. The summed E-state index contributed by atoms with van der Waals surface area (Å²) >= 11 is 0. The number of imide groups is 1. The highest BCUT2D eigenvalue weighted by Crippen LogP contribution is 2.39. The summed E-state index contributed by atoms with van der Waals surface area (Å²) in [5.74, 6) is 0.576. The van der Waals surface area contributed by atoms with Crippen LogP contribution in [0.1, 0.15) is 23.1 Å². The fourth-order valence-corrected chi connectivity index (χ4v) is 4.78. The number of para-hydroxylation sites is 2. The predicted molar refractivity (Wildman–Crippen MR) is 123 cm³/mol. The van der Waals surface area contributed by atoms with Crippen molar-refractivity contribution < 1.29 is 14.3 Å². The van der Waals surface area contributed by atoms with Crippen LogP contribution in [-0.2, 0) is 22.6 Å². The van der Waals surface area contributed by atoms with Gasteiger partial charge in [-0.25, -0.2) is 0 Å². The van der Waals surface area contributed by atoms with Crippen molar-refractivity contribution in [1.29, 1.82) is 0 Å². The van der Waals surface area contributed by atoms with Gasteiger partial charge in [-0.05, 0) is 48.2 Å². The van der Waals surface area contributed by atoms with Gasteiger partial charge in [-0.3, -0.25) is 14.9 Å². The molecule has 6 rings (SSSR count). The number of ether oxygens (including phenoxy) is 1. The molecule has 2 amide bonds. The molecule has 3 aromatic carbocycles. The summed E-state index contributed by atoms with van der Waals surface area (Å²) in [4.78, 5) is 25.8. The lowest BCUT2D eigenvalue weighted by Gasteiger charge is -2.14. The first kappa shape index (κ1) is 18.6. The van der Waals surface area contributed by atoms with Gasteiger partial charge in [-0.2, -0.15) is 0 Å². The van der Waals surface area contributed by atoms with Crippen LogP contribution in [0, 0.1) is 0 Å². The molecule has 32 heavy (non-hydrogen) atoms. The molecule has 0 saturated heterocycles. The number of hydrogen-bond donors (Lipinski definition) is 1. The van der Waals surface area contributed by atoms with E-state index < -0.39 is 0 Å². The van der Waals surface area contributed by atoms with Crippen LogP contribution in [0.15, 0.2) is 79.0 Å². The molecule has 0 spiro atoms. The van der Waals surface area contributed by atoms with E-state index in [0.29, 0.717) is 28.2 Å². The highest BCUT2D eigenvalue weighted by atomic mass is 16.5. The zero-order valence-corrected chi connectivity index (χ0v) is 17.3. The first-order valence-electron chi connectivity index (χ1n) is 10.7. The van der Waals surface area contributed by atoms with E-state index in [0.717, 1.165) is 35.9 Å². The van der Waals surface area contributed by atoms with Crippen LogP contribution in [-0.4, -0.2) is 16.4 Å². The second kappa shape index (κ2) is 7.24. The van der Waals surface area contributed by atoms with E-state index >= 15 is 0 Å². The topological polar surface area (TPSA) is 60.3 Å². The Balaban J connectivity index is 1.51. The fraction of sp³-hybridized carbons (Fsp3) is 0.111. The zero-order chi connectivity index (χ0) is 21.7. The third-order valence-electron chi connectivity index (χ3n) is 6.13. The normalized spacial score (nSPS) is 15.4. The number of rotatable bonds is 4. The molecule has 5 heteroatoms. The van der Waals surface area contributed by atoms with Crippen molar-refractivity contribution in [2.24, 2.45) is 0 Å². The third-order valence-corrected chi connectivity index (χ3v) is 6.13. The summed E-state index contributed by atoms with van der Waals surface area (Å²) in [5.41, 5.74) is 4.71. The molecule has 4 aromatic rings. The number of carbonyl (C=O) groups excluding carboxylic acids is 2. The minimum Gasteiger partial charge on any atom is -0.457 e. The van der Waals surface area contributed by atoms with Crippen LogP contribution in [0.2, 0.25) is 0 Å². The van der Waals surface area contributed by atoms with Crippen molar-refractivity contribution in [1.82, 2.24) is 9.88 Å². The maximum Gasteiger partial charge on any atom is 0.259 e. The number of carbonyl (C=O) groups is 2.